The van der Waals surface area contributed by atoms with Gasteiger partial charge in [-0.3, -0.25) is 9.59 Å². The Bertz CT molecular complexity index is 858. The monoisotopic (exact) mass is 469 g/mol. The first-order valence-corrected chi connectivity index (χ1v) is 12.9. The van der Waals surface area contributed by atoms with Crippen LogP contribution in [0.2, 0.25) is 0 Å². The van der Waals surface area contributed by atoms with E-state index in [1.54, 1.807) is 9.80 Å². The first kappa shape index (κ1) is 24.4. The Balaban J connectivity index is 1.48. The van der Waals surface area contributed by atoms with Crippen molar-refractivity contribution < 1.29 is 14.4 Å². The molecule has 3 aliphatic rings. The maximum absolute atomic E-state index is 13.8. The SMILES string of the molecule is CCN(CC)C(=O)CN1CN(c2ccccc2)C2(CCN(C(=O)NC3CCCCC3)CC2)C1=O. The average molecular weight is 470 g/mol. The van der Waals surface area contributed by atoms with E-state index in [1.807, 2.05) is 49.1 Å². The molecule has 2 aliphatic heterocycles. The normalized spacial score (nSPS) is 20.6. The molecule has 0 bridgehead atoms. The molecule has 0 unspecified atom stereocenters. The van der Waals surface area contributed by atoms with Crippen LogP contribution in [0.15, 0.2) is 30.3 Å². The number of rotatable bonds is 6. The Morgan fingerprint density at radius 2 is 1.68 bits per heavy atom. The summed E-state index contributed by atoms with van der Waals surface area (Å²) < 4.78 is 0. The molecule has 0 aromatic heterocycles. The molecular weight excluding hydrogens is 430 g/mol. The molecular formula is C26H39N5O3. The molecule has 1 aliphatic carbocycles. The summed E-state index contributed by atoms with van der Waals surface area (Å²) in [6, 6.07) is 10.2. The van der Waals surface area contributed by atoms with Gasteiger partial charge in [0.15, 0.2) is 0 Å². The van der Waals surface area contributed by atoms with E-state index in [2.05, 4.69) is 10.2 Å². The Morgan fingerprint density at radius 1 is 1.03 bits per heavy atom. The number of likely N-dealkylation sites (tertiary alicyclic amines) is 1. The number of piperidine rings is 1. The molecule has 0 atom stereocenters. The quantitative estimate of drug-likeness (QED) is 0.695. The van der Waals surface area contributed by atoms with Crippen LogP contribution in [0.4, 0.5) is 10.5 Å². The molecule has 0 radical (unpaired) electrons. The lowest BCUT2D eigenvalue weighted by molar-refractivity contribution is -0.140. The van der Waals surface area contributed by atoms with Gasteiger partial charge in [0, 0.05) is 37.9 Å². The zero-order valence-electron chi connectivity index (χ0n) is 20.7. The van der Waals surface area contributed by atoms with Gasteiger partial charge in [-0.15, -0.1) is 0 Å². The van der Waals surface area contributed by atoms with Crippen LogP contribution >= 0.6 is 0 Å². The lowest BCUT2D eigenvalue weighted by atomic mass is 9.85. The number of benzene rings is 1. The molecule has 34 heavy (non-hydrogen) atoms. The van der Waals surface area contributed by atoms with E-state index in [4.69, 9.17) is 0 Å². The molecule has 4 amide bonds. The molecule has 1 aromatic rings. The van der Waals surface area contributed by atoms with E-state index in [0.717, 1.165) is 18.5 Å². The van der Waals surface area contributed by atoms with E-state index < -0.39 is 5.54 Å². The Hall–Kier alpha value is -2.77. The van der Waals surface area contributed by atoms with Crippen molar-refractivity contribution in [3.63, 3.8) is 0 Å². The molecule has 3 fully saturated rings. The predicted molar refractivity (Wildman–Crippen MR) is 132 cm³/mol. The van der Waals surface area contributed by atoms with Crippen molar-refractivity contribution in [1.82, 2.24) is 20.0 Å². The number of anilines is 1. The number of carbonyl (C=O) groups excluding carboxylic acids is 3. The van der Waals surface area contributed by atoms with Crippen molar-refractivity contribution in [1.29, 1.82) is 0 Å². The van der Waals surface area contributed by atoms with Gasteiger partial charge in [0.1, 0.15) is 12.1 Å². The van der Waals surface area contributed by atoms with Gasteiger partial charge in [-0.1, -0.05) is 37.5 Å². The number of para-hydroxylation sites is 1. The number of urea groups is 1. The molecule has 4 rings (SSSR count). The second kappa shape index (κ2) is 10.7. The Kier molecular flexibility index (Phi) is 7.63. The molecule has 1 saturated carbocycles. The van der Waals surface area contributed by atoms with Crippen molar-refractivity contribution in [2.24, 2.45) is 0 Å². The third-order valence-electron chi connectivity index (χ3n) is 7.83. The van der Waals surface area contributed by atoms with Crippen molar-refractivity contribution in [2.75, 3.05) is 44.3 Å². The van der Waals surface area contributed by atoms with E-state index in [9.17, 15) is 14.4 Å². The number of nitrogens with one attached hydrogen (secondary N) is 1. The van der Waals surface area contributed by atoms with Gasteiger partial charge in [0.05, 0.1) is 6.67 Å². The first-order valence-electron chi connectivity index (χ1n) is 12.9. The zero-order valence-corrected chi connectivity index (χ0v) is 20.7. The number of hydrogen-bond acceptors (Lipinski definition) is 4. The van der Waals surface area contributed by atoms with Crippen LogP contribution in [0, 0.1) is 0 Å². The second-order valence-electron chi connectivity index (χ2n) is 9.78. The summed E-state index contributed by atoms with van der Waals surface area (Å²) in [5.74, 6) is -0.0168. The molecule has 2 heterocycles. The third-order valence-corrected chi connectivity index (χ3v) is 7.83. The highest BCUT2D eigenvalue weighted by Gasteiger charge is 2.54. The van der Waals surface area contributed by atoms with Crippen LogP contribution in [-0.4, -0.2) is 83.5 Å². The van der Waals surface area contributed by atoms with Crippen LogP contribution in [-0.2, 0) is 9.59 Å². The fourth-order valence-electron chi connectivity index (χ4n) is 5.75. The highest BCUT2D eigenvalue weighted by Crippen LogP contribution is 2.39. The van der Waals surface area contributed by atoms with E-state index in [1.165, 1.54) is 19.3 Å². The number of amides is 4. The van der Waals surface area contributed by atoms with Crippen LogP contribution in [0.3, 0.4) is 0 Å². The summed E-state index contributed by atoms with van der Waals surface area (Å²) in [7, 11) is 0. The number of likely N-dealkylation sites (N-methyl/N-ethyl adjacent to an activating group) is 1. The largest absolute Gasteiger partial charge is 0.342 e. The van der Waals surface area contributed by atoms with Crippen molar-refractivity contribution >= 4 is 23.5 Å². The van der Waals surface area contributed by atoms with E-state index in [-0.39, 0.29) is 30.4 Å². The molecule has 8 heteroatoms. The van der Waals surface area contributed by atoms with Gasteiger partial charge < -0.3 is 24.9 Å². The fourth-order valence-corrected chi connectivity index (χ4v) is 5.75. The molecule has 1 aromatic carbocycles. The highest BCUT2D eigenvalue weighted by molar-refractivity contribution is 5.96. The lowest BCUT2D eigenvalue weighted by Crippen LogP contribution is -2.59. The van der Waals surface area contributed by atoms with Crippen molar-refractivity contribution in [2.45, 2.75) is 70.4 Å². The molecule has 1 spiro atoms. The van der Waals surface area contributed by atoms with Gasteiger partial charge in [0.2, 0.25) is 5.91 Å². The maximum atomic E-state index is 13.8. The number of nitrogens with zero attached hydrogens (tertiary/aromatic N) is 4. The fraction of sp³-hybridized carbons (Fsp3) is 0.654. The molecule has 1 N–H and O–H groups in total. The first-order chi connectivity index (χ1) is 16.5. The average Bonchev–Trinajstić information content (AvgIpc) is 3.12. The van der Waals surface area contributed by atoms with Crippen LogP contribution in [0.25, 0.3) is 0 Å². The summed E-state index contributed by atoms with van der Waals surface area (Å²) >= 11 is 0. The smallest absolute Gasteiger partial charge is 0.317 e. The van der Waals surface area contributed by atoms with Crippen LogP contribution < -0.4 is 10.2 Å². The van der Waals surface area contributed by atoms with Crippen LogP contribution in [0.1, 0.15) is 58.8 Å². The minimum atomic E-state index is -0.716. The van der Waals surface area contributed by atoms with Crippen molar-refractivity contribution in [3.8, 4) is 0 Å². The second-order valence-corrected chi connectivity index (χ2v) is 9.78. The van der Waals surface area contributed by atoms with Crippen molar-refractivity contribution in [3.05, 3.63) is 30.3 Å². The third kappa shape index (κ3) is 4.86. The van der Waals surface area contributed by atoms with Crippen LogP contribution in [0.5, 0.6) is 0 Å². The van der Waals surface area contributed by atoms with E-state index in [0.29, 0.717) is 45.7 Å². The molecule has 8 nitrogen and oxygen atoms in total. The standard InChI is InChI=1S/C26H39N5O3/c1-3-28(4-2)23(32)19-30-20-31(22-13-9-6-10-14-22)26(24(30)33)15-17-29(18-16-26)25(34)27-21-11-7-5-8-12-21/h6,9-10,13-14,21H,3-5,7-8,11-12,15-20H2,1-2H3,(H,27,34). The minimum absolute atomic E-state index is 0.00389. The molecule has 2 saturated heterocycles. The lowest BCUT2D eigenvalue weighted by Gasteiger charge is -2.43. The van der Waals surface area contributed by atoms with E-state index >= 15 is 0 Å². The molecule has 186 valence electrons. The maximum Gasteiger partial charge on any atom is 0.317 e. The Labute approximate surface area is 203 Å². The summed E-state index contributed by atoms with van der Waals surface area (Å²) in [5.41, 5.74) is 0.265. The van der Waals surface area contributed by atoms with Gasteiger partial charge >= 0.3 is 6.03 Å². The summed E-state index contributed by atoms with van der Waals surface area (Å²) in [6.45, 7) is 6.74. The zero-order chi connectivity index (χ0) is 24.1. The van der Waals surface area contributed by atoms with Gasteiger partial charge in [0.25, 0.3) is 5.91 Å². The summed E-state index contributed by atoms with van der Waals surface area (Å²) in [6.07, 6.45) is 6.85. The van der Waals surface area contributed by atoms with Gasteiger partial charge in [-0.2, -0.15) is 0 Å². The Morgan fingerprint density at radius 3 is 2.29 bits per heavy atom. The van der Waals surface area contributed by atoms with Gasteiger partial charge in [-0.25, -0.2) is 4.79 Å². The van der Waals surface area contributed by atoms with Gasteiger partial charge in [-0.05, 0) is 51.7 Å². The highest BCUT2D eigenvalue weighted by atomic mass is 16.2. The minimum Gasteiger partial charge on any atom is -0.342 e. The number of hydrogen-bond donors (Lipinski definition) is 1. The summed E-state index contributed by atoms with van der Waals surface area (Å²) in [4.78, 5) is 47.0. The summed E-state index contributed by atoms with van der Waals surface area (Å²) in [5, 5.41) is 3.21. The number of carbonyl (C=O) groups is 3. The predicted octanol–water partition coefficient (Wildman–Crippen LogP) is 3.04. The topological polar surface area (TPSA) is 76.2 Å².